The van der Waals surface area contributed by atoms with Crippen LogP contribution in [0.4, 0.5) is 4.39 Å². The van der Waals surface area contributed by atoms with Gasteiger partial charge in [-0.25, -0.2) is 4.39 Å². The average molecular weight is 651 g/mol. The van der Waals surface area contributed by atoms with Crippen molar-refractivity contribution < 1.29 is 4.39 Å². The Morgan fingerprint density at radius 1 is 0.540 bits per heavy atom. The lowest BCUT2D eigenvalue weighted by atomic mass is 9.74. The monoisotopic (exact) mass is 650 g/mol. The van der Waals surface area contributed by atoms with E-state index < -0.39 is 0 Å². The molecule has 0 heterocycles. The van der Waals surface area contributed by atoms with Gasteiger partial charge in [-0.15, -0.1) is 0 Å². The quantitative estimate of drug-likeness (QED) is 0.182. The smallest absolute Gasteiger partial charge is 0.123 e. The molecule has 0 amide bonds. The van der Waals surface area contributed by atoms with Crippen LogP contribution < -0.4 is 0 Å². The van der Waals surface area contributed by atoms with Gasteiger partial charge < -0.3 is 0 Å². The maximum atomic E-state index is 14.4. The van der Waals surface area contributed by atoms with Crippen LogP contribution in [-0.4, -0.2) is 0 Å². The third kappa shape index (κ3) is 4.70. The van der Waals surface area contributed by atoms with E-state index in [1.165, 1.54) is 89.1 Å². The van der Waals surface area contributed by atoms with E-state index in [1.807, 2.05) is 6.07 Å². The van der Waals surface area contributed by atoms with Crippen LogP contribution in [0.5, 0.6) is 0 Å². The van der Waals surface area contributed by atoms with E-state index in [1.54, 1.807) is 12.1 Å². The fraction of sp³-hybridized carbons (Fsp3) is 0.224. The van der Waals surface area contributed by atoms with Crippen molar-refractivity contribution in [2.45, 2.75) is 71.1 Å². The molecule has 0 atom stereocenters. The van der Waals surface area contributed by atoms with Crippen LogP contribution in [-0.2, 0) is 10.8 Å². The highest BCUT2D eigenvalue weighted by Crippen LogP contribution is 2.55. The van der Waals surface area contributed by atoms with Gasteiger partial charge in [-0.3, -0.25) is 0 Å². The summed E-state index contributed by atoms with van der Waals surface area (Å²) in [5, 5.41) is 0. The van der Waals surface area contributed by atoms with E-state index in [2.05, 4.69) is 138 Å². The second-order valence-electron chi connectivity index (χ2n) is 15.8. The molecule has 246 valence electrons. The SMILES string of the molecule is Cc1ccc2c(c1)C(C)(C)c1c(-c3cccc(-c4cccc(C5=CC=C(C6=C7C(=CCC6)c6ccc(F)cc6C7(C)C)CC5)c4)c3)cccc1-2. The van der Waals surface area contributed by atoms with Crippen LogP contribution in [0.1, 0.15) is 86.8 Å². The van der Waals surface area contributed by atoms with Gasteiger partial charge in [0, 0.05) is 10.8 Å². The van der Waals surface area contributed by atoms with Gasteiger partial charge >= 0.3 is 0 Å². The molecule has 0 aromatic heterocycles. The van der Waals surface area contributed by atoms with E-state index in [0.29, 0.717) is 0 Å². The molecular weight excluding hydrogens is 608 g/mol. The van der Waals surface area contributed by atoms with Crippen molar-refractivity contribution >= 4 is 11.1 Å². The fourth-order valence-corrected chi connectivity index (χ4v) is 9.56. The molecular formula is C49H43F. The van der Waals surface area contributed by atoms with E-state index in [0.717, 1.165) is 31.2 Å². The highest BCUT2D eigenvalue weighted by Gasteiger charge is 2.42. The molecule has 4 aliphatic rings. The van der Waals surface area contributed by atoms with E-state index in [4.69, 9.17) is 0 Å². The van der Waals surface area contributed by atoms with Crippen molar-refractivity contribution in [2.75, 3.05) is 0 Å². The Morgan fingerprint density at radius 2 is 1.18 bits per heavy atom. The first-order valence-electron chi connectivity index (χ1n) is 18.2. The molecule has 5 aromatic carbocycles. The van der Waals surface area contributed by atoms with E-state index >= 15 is 0 Å². The summed E-state index contributed by atoms with van der Waals surface area (Å²) in [7, 11) is 0. The van der Waals surface area contributed by atoms with Crippen LogP contribution in [0.3, 0.4) is 0 Å². The van der Waals surface area contributed by atoms with Crippen LogP contribution in [0, 0.1) is 12.7 Å². The number of hydrogen-bond acceptors (Lipinski definition) is 0. The average Bonchev–Trinajstić information content (AvgIpc) is 3.50. The van der Waals surface area contributed by atoms with Crippen LogP contribution >= 0.6 is 0 Å². The lowest BCUT2D eigenvalue weighted by Crippen LogP contribution is -2.19. The van der Waals surface area contributed by atoms with Crippen molar-refractivity contribution in [3.63, 3.8) is 0 Å². The second-order valence-corrected chi connectivity index (χ2v) is 15.8. The summed E-state index contributed by atoms with van der Waals surface area (Å²) >= 11 is 0. The second kappa shape index (κ2) is 11.3. The molecule has 50 heavy (non-hydrogen) atoms. The van der Waals surface area contributed by atoms with E-state index in [9.17, 15) is 4.39 Å². The molecule has 0 saturated carbocycles. The Bertz CT molecular complexity index is 2380. The van der Waals surface area contributed by atoms with Crippen molar-refractivity contribution in [2.24, 2.45) is 0 Å². The lowest BCUT2D eigenvalue weighted by Gasteiger charge is -2.30. The number of hydrogen-bond donors (Lipinski definition) is 0. The molecule has 0 spiro atoms. The van der Waals surface area contributed by atoms with Gasteiger partial charge in [-0.2, -0.15) is 0 Å². The molecule has 0 fully saturated rings. The number of aryl methyl sites for hydroxylation is 1. The highest BCUT2D eigenvalue weighted by atomic mass is 19.1. The first kappa shape index (κ1) is 31.0. The molecule has 1 heteroatoms. The molecule has 0 nitrogen and oxygen atoms in total. The Labute approximate surface area is 296 Å². The number of fused-ring (bicyclic) bond motifs is 6. The molecule has 0 unspecified atom stereocenters. The maximum absolute atomic E-state index is 14.4. The lowest BCUT2D eigenvalue weighted by molar-refractivity contribution is 0.605. The minimum atomic E-state index is -0.203. The Morgan fingerprint density at radius 3 is 1.96 bits per heavy atom. The Balaban J connectivity index is 1.04. The van der Waals surface area contributed by atoms with Gasteiger partial charge in [0.05, 0.1) is 0 Å². The van der Waals surface area contributed by atoms with Crippen LogP contribution in [0.2, 0.25) is 0 Å². The van der Waals surface area contributed by atoms with Gasteiger partial charge in [0.25, 0.3) is 0 Å². The van der Waals surface area contributed by atoms with Gasteiger partial charge in [0.15, 0.2) is 0 Å². The third-order valence-corrected chi connectivity index (χ3v) is 12.0. The molecule has 0 radical (unpaired) electrons. The largest absolute Gasteiger partial charge is 0.207 e. The van der Waals surface area contributed by atoms with Crippen molar-refractivity contribution in [3.8, 4) is 33.4 Å². The summed E-state index contributed by atoms with van der Waals surface area (Å²) in [5.41, 5.74) is 22.3. The molecule has 5 aromatic rings. The molecule has 0 aliphatic heterocycles. The van der Waals surface area contributed by atoms with Gasteiger partial charge in [-0.05, 0) is 146 Å². The summed E-state index contributed by atoms with van der Waals surface area (Å²) in [6, 6.07) is 37.3. The predicted molar refractivity (Wildman–Crippen MR) is 209 cm³/mol. The zero-order valence-electron chi connectivity index (χ0n) is 29.8. The summed E-state index contributed by atoms with van der Waals surface area (Å²) in [6.07, 6.45) is 11.2. The number of allylic oxidation sites excluding steroid dienone is 8. The molecule has 0 saturated heterocycles. The molecule has 9 rings (SSSR count). The number of rotatable bonds is 4. The Hall–Kier alpha value is -5.01. The number of halogens is 1. The van der Waals surface area contributed by atoms with Gasteiger partial charge in [-0.1, -0.05) is 130 Å². The Kier molecular flexibility index (Phi) is 6.98. The topological polar surface area (TPSA) is 0 Å². The molecule has 4 aliphatic carbocycles. The summed E-state index contributed by atoms with van der Waals surface area (Å²) < 4.78 is 14.4. The maximum Gasteiger partial charge on any atom is 0.123 e. The zero-order chi connectivity index (χ0) is 34.4. The highest BCUT2D eigenvalue weighted by molar-refractivity contribution is 5.93. The van der Waals surface area contributed by atoms with Gasteiger partial charge in [0.2, 0.25) is 0 Å². The van der Waals surface area contributed by atoms with Gasteiger partial charge in [0.1, 0.15) is 5.82 Å². The first-order chi connectivity index (χ1) is 24.1. The molecule has 0 N–H and O–H groups in total. The van der Waals surface area contributed by atoms with E-state index in [-0.39, 0.29) is 16.6 Å². The van der Waals surface area contributed by atoms with Crippen molar-refractivity contribution in [1.82, 2.24) is 0 Å². The minimum absolute atomic E-state index is 0.0648. The molecule has 0 bridgehead atoms. The van der Waals surface area contributed by atoms with Crippen LogP contribution in [0.15, 0.2) is 138 Å². The summed E-state index contributed by atoms with van der Waals surface area (Å²) in [5.74, 6) is -0.148. The fourth-order valence-electron chi connectivity index (χ4n) is 9.56. The van der Waals surface area contributed by atoms with Crippen LogP contribution in [0.25, 0.3) is 44.5 Å². The zero-order valence-corrected chi connectivity index (χ0v) is 29.8. The number of benzene rings is 5. The standard InChI is InChI=1S/C49H43F/c1-30-18-24-40-42-17-9-15-39(47(42)48(2,3)44(40)26-30)36-13-7-12-35(28-36)34-11-6-10-33(27-34)31-19-21-32(22-20-31)38-14-8-16-43-41-25-23-37(50)29-45(41)49(4,5)46(38)43/h6-7,9-13,15-19,21,23-29H,8,14,20,22H2,1-5H3. The van der Waals surface area contributed by atoms with Crippen molar-refractivity contribution in [1.29, 1.82) is 0 Å². The minimum Gasteiger partial charge on any atom is -0.207 e. The summed E-state index contributed by atoms with van der Waals surface area (Å²) in [4.78, 5) is 0. The third-order valence-electron chi connectivity index (χ3n) is 12.0. The first-order valence-corrected chi connectivity index (χ1v) is 18.2. The van der Waals surface area contributed by atoms with Crippen molar-refractivity contribution in [3.05, 3.63) is 177 Å². The summed E-state index contributed by atoms with van der Waals surface area (Å²) in [6.45, 7) is 11.5. The predicted octanol–water partition coefficient (Wildman–Crippen LogP) is 13.3. The normalized spacial score (nSPS) is 18.1.